The molecule has 0 aromatic rings. The van der Waals surface area contributed by atoms with E-state index < -0.39 is 0 Å². The van der Waals surface area contributed by atoms with E-state index in [0.717, 1.165) is 25.2 Å². The van der Waals surface area contributed by atoms with Crippen molar-refractivity contribution in [2.75, 3.05) is 40.3 Å². The molecule has 0 aromatic carbocycles. The SMILES string of the molecule is C=C(CNC1CC1)CN1CCCC1CN(C)C. The summed E-state index contributed by atoms with van der Waals surface area (Å²) in [6.45, 7) is 8.74. The van der Waals surface area contributed by atoms with Crippen molar-refractivity contribution in [3.05, 3.63) is 12.2 Å². The van der Waals surface area contributed by atoms with E-state index in [2.05, 4.69) is 35.8 Å². The number of hydrogen-bond acceptors (Lipinski definition) is 3. The van der Waals surface area contributed by atoms with E-state index >= 15 is 0 Å². The van der Waals surface area contributed by atoms with Crippen LogP contribution in [0.4, 0.5) is 0 Å². The van der Waals surface area contributed by atoms with Crippen molar-refractivity contribution < 1.29 is 0 Å². The minimum absolute atomic E-state index is 0.739. The highest BCUT2D eigenvalue weighted by Crippen LogP contribution is 2.20. The molecule has 1 aliphatic heterocycles. The molecule has 0 aromatic heterocycles. The van der Waals surface area contributed by atoms with E-state index in [4.69, 9.17) is 0 Å². The summed E-state index contributed by atoms with van der Waals surface area (Å²) >= 11 is 0. The van der Waals surface area contributed by atoms with E-state index in [1.165, 1.54) is 44.3 Å². The lowest BCUT2D eigenvalue weighted by Gasteiger charge is -2.27. The summed E-state index contributed by atoms with van der Waals surface area (Å²) in [4.78, 5) is 4.91. The zero-order valence-electron chi connectivity index (χ0n) is 11.4. The third-order valence-electron chi connectivity index (χ3n) is 3.72. The maximum atomic E-state index is 4.21. The van der Waals surface area contributed by atoms with Gasteiger partial charge < -0.3 is 10.2 Å². The summed E-state index contributed by atoms with van der Waals surface area (Å²) in [6, 6.07) is 1.53. The molecule has 3 heteroatoms. The van der Waals surface area contributed by atoms with Gasteiger partial charge in [0.1, 0.15) is 0 Å². The van der Waals surface area contributed by atoms with Crippen LogP contribution in [0.25, 0.3) is 0 Å². The Hall–Kier alpha value is -0.380. The van der Waals surface area contributed by atoms with E-state index in [1.807, 2.05) is 0 Å². The molecule has 98 valence electrons. The summed E-state index contributed by atoms with van der Waals surface area (Å²) in [5, 5.41) is 3.55. The topological polar surface area (TPSA) is 18.5 Å². The first-order valence-electron chi connectivity index (χ1n) is 6.94. The van der Waals surface area contributed by atoms with Gasteiger partial charge in [0.05, 0.1) is 0 Å². The largest absolute Gasteiger partial charge is 0.310 e. The zero-order chi connectivity index (χ0) is 12.3. The monoisotopic (exact) mass is 237 g/mol. The Labute approximate surface area is 106 Å². The van der Waals surface area contributed by atoms with Crippen molar-refractivity contribution in [2.24, 2.45) is 0 Å². The van der Waals surface area contributed by atoms with Crippen molar-refractivity contribution in [2.45, 2.75) is 37.8 Å². The molecular formula is C14H27N3. The maximum absolute atomic E-state index is 4.21. The second-order valence-electron chi connectivity index (χ2n) is 5.93. The van der Waals surface area contributed by atoms with Gasteiger partial charge in [-0.05, 0) is 51.9 Å². The molecule has 1 unspecified atom stereocenters. The van der Waals surface area contributed by atoms with Gasteiger partial charge in [0.15, 0.2) is 0 Å². The van der Waals surface area contributed by atoms with Gasteiger partial charge in [-0.2, -0.15) is 0 Å². The standard InChI is InChI=1S/C14H27N3/c1-12(9-15-13-6-7-13)10-17-8-4-5-14(17)11-16(2)3/h13-15H,1,4-11H2,2-3H3. The third kappa shape index (κ3) is 4.41. The molecule has 0 spiro atoms. The Balaban J connectivity index is 1.70. The average molecular weight is 237 g/mol. The van der Waals surface area contributed by atoms with Crippen molar-refractivity contribution in [1.82, 2.24) is 15.1 Å². The third-order valence-corrected chi connectivity index (χ3v) is 3.72. The van der Waals surface area contributed by atoms with Crippen LogP contribution in [0, 0.1) is 0 Å². The van der Waals surface area contributed by atoms with Crippen LogP contribution in [0.2, 0.25) is 0 Å². The van der Waals surface area contributed by atoms with E-state index in [1.54, 1.807) is 0 Å². The Bertz CT molecular complexity index is 258. The predicted molar refractivity (Wildman–Crippen MR) is 73.3 cm³/mol. The normalized spacial score (nSPS) is 25.7. The number of likely N-dealkylation sites (N-methyl/N-ethyl adjacent to an activating group) is 1. The second kappa shape index (κ2) is 5.98. The number of nitrogens with one attached hydrogen (secondary N) is 1. The Morgan fingerprint density at radius 2 is 2.12 bits per heavy atom. The summed E-state index contributed by atoms with van der Waals surface area (Å²) in [5.41, 5.74) is 1.35. The fraction of sp³-hybridized carbons (Fsp3) is 0.857. The van der Waals surface area contributed by atoms with Crippen LogP contribution in [0.1, 0.15) is 25.7 Å². The molecule has 2 rings (SSSR count). The molecule has 1 heterocycles. The van der Waals surface area contributed by atoms with Crippen LogP contribution in [-0.2, 0) is 0 Å². The van der Waals surface area contributed by atoms with Gasteiger partial charge in [0.25, 0.3) is 0 Å². The molecular weight excluding hydrogens is 210 g/mol. The molecule has 0 radical (unpaired) electrons. The number of hydrogen-bond donors (Lipinski definition) is 1. The average Bonchev–Trinajstić information content (AvgIpc) is 3.00. The first-order valence-corrected chi connectivity index (χ1v) is 6.94. The van der Waals surface area contributed by atoms with Crippen molar-refractivity contribution in [1.29, 1.82) is 0 Å². The lowest BCUT2D eigenvalue weighted by Crippen LogP contribution is -2.39. The molecule has 1 aliphatic carbocycles. The molecule has 17 heavy (non-hydrogen) atoms. The summed E-state index contributed by atoms with van der Waals surface area (Å²) in [5.74, 6) is 0. The van der Waals surface area contributed by atoms with E-state index in [-0.39, 0.29) is 0 Å². The molecule has 1 N–H and O–H groups in total. The van der Waals surface area contributed by atoms with Crippen molar-refractivity contribution >= 4 is 0 Å². The van der Waals surface area contributed by atoms with Crippen molar-refractivity contribution in [3.8, 4) is 0 Å². The van der Waals surface area contributed by atoms with Gasteiger partial charge in [0, 0.05) is 31.7 Å². The predicted octanol–water partition coefficient (Wildman–Crippen LogP) is 1.32. The molecule has 3 nitrogen and oxygen atoms in total. The van der Waals surface area contributed by atoms with Crippen LogP contribution in [0.5, 0.6) is 0 Å². The maximum Gasteiger partial charge on any atom is 0.0226 e. The molecule has 1 saturated carbocycles. The van der Waals surface area contributed by atoms with Gasteiger partial charge in [-0.3, -0.25) is 4.90 Å². The van der Waals surface area contributed by atoms with Gasteiger partial charge in [-0.1, -0.05) is 6.58 Å². The van der Waals surface area contributed by atoms with Crippen molar-refractivity contribution in [3.63, 3.8) is 0 Å². The quantitative estimate of drug-likeness (QED) is 0.674. The van der Waals surface area contributed by atoms with Gasteiger partial charge in [0.2, 0.25) is 0 Å². The Morgan fingerprint density at radius 1 is 1.35 bits per heavy atom. The molecule has 1 atom stereocenters. The van der Waals surface area contributed by atoms with Crippen LogP contribution < -0.4 is 5.32 Å². The molecule has 2 aliphatic rings. The first kappa shape index (κ1) is 13.1. The summed E-state index contributed by atoms with van der Waals surface area (Å²) < 4.78 is 0. The van der Waals surface area contributed by atoms with Gasteiger partial charge >= 0.3 is 0 Å². The Morgan fingerprint density at radius 3 is 2.76 bits per heavy atom. The lowest BCUT2D eigenvalue weighted by atomic mass is 10.2. The highest BCUT2D eigenvalue weighted by molar-refractivity contribution is 5.03. The van der Waals surface area contributed by atoms with Gasteiger partial charge in [-0.15, -0.1) is 0 Å². The molecule has 2 fully saturated rings. The first-order chi connectivity index (χ1) is 8.15. The van der Waals surface area contributed by atoms with Crippen LogP contribution >= 0.6 is 0 Å². The fourth-order valence-corrected chi connectivity index (χ4v) is 2.65. The molecule has 0 bridgehead atoms. The Kier molecular flexibility index (Phi) is 4.60. The summed E-state index contributed by atoms with van der Waals surface area (Å²) in [6.07, 6.45) is 5.42. The zero-order valence-corrected chi connectivity index (χ0v) is 11.4. The number of nitrogens with zero attached hydrogens (tertiary/aromatic N) is 2. The molecule has 1 saturated heterocycles. The number of rotatable bonds is 7. The van der Waals surface area contributed by atoms with E-state index in [0.29, 0.717) is 0 Å². The lowest BCUT2D eigenvalue weighted by molar-refractivity contribution is 0.220. The van der Waals surface area contributed by atoms with E-state index in [9.17, 15) is 0 Å². The fourth-order valence-electron chi connectivity index (χ4n) is 2.65. The number of likely N-dealkylation sites (tertiary alicyclic amines) is 1. The van der Waals surface area contributed by atoms with Crippen LogP contribution in [-0.4, -0.2) is 62.2 Å². The minimum atomic E-state index is 0.739. The van der Waals surface area contributed by atoms with Crippen LogP contribution in [0.3, 0.4) is 0 Å². The molecule has 0 amide bonds. The minimum Gasteiger partial charge on any atom is -0.310 e. The van der Waals surface area contributed by atoms with Crippen LogP contribution in [0.15, 0.2) is 12.2 Å². The van der Waals surface area contributed by atoms with Gasteiger partial charge in [-0.25, -0.2) is 0 Å². The second-order valence-corrected chi connectivity index (χ2v) is 5.93. The summed E-state index contributed by atoms with van der Waals surface area (Å²) in [7, 11) is 4.33. The smallest absolute Gasteiger partial charge is 0.0226 e. The highest BCUT2D eigenvalue weighted by Gasteiger charge is 2.25. The highest BCUT2D eigenvalue weighted by atomic mass is 15.2.